The highest BCUT2D eigenvalue weighted by Crippen LogP contribution is 2.31. The van der Waals surface area contributed by atoms with Crippen LogP contribution in [0.2, 0.25) is 0 Å². The molecule has 1 saturated heterocycles. The first-order valence-corrected chi connectivity index (χ1v) is 10.4. The van der Waals surface area contributed by atoms with Gasteiger partial charge in [0, 0.05) is 42.2 Å². The molecule has 0 radical (unpaired) electrons. The highest BCUT2D eigenvalue weighted by atomic mass is 19.1. The molecule has 1 aliphatic rings. The third-order valence-electron chi connectivity index (χ3n) is 5.39. The zero-order valence-electron chi connectivity index (χ0n) is 17.7. The van der Waals surface area contributed by atoms with Gasteiger partial charge in [-0.3, -0.25) is 9.48 Å². The van der Waals surface area contributed by atoms with Gasteiger partial charge in [-0.15, -0.1) is 0 Å². The standard InChI is InChI=1S/C22H23FN6O3/c1-3-29-9-17-15(22-31-10-13(24)11-32-22)4-5-16(19(17)27-29)21(30)26-14-6-18(23)20-25-12(2)7-28(20)8-14/h4-9,13,22H,3,10-11,24H2,1-2H3,(H,26,30). The second-order valence-corrected chi connectivity index (χ2v) is 7.85. The Labute approximate surface area is 182 Å². The fraction of sp³-hybridized carbons (Fsp3) is 0.318. The lowest BCUT2D eigenvalue weighted by atomic mass is 10.0. The van der Waals surface area contributed by atoms with E-state index in [9.17, 15) is 9.18 Å². The first kappa shape index (κ1) is 20.6. The average Bonchev–Trinajstić information content (AvgIpc) is 3.37. The molecule has 4 heterocycles. The summed E-state index contributed by atoms with van der Waals surface area (Å²) in [5.41, 5.74) is 8.72. The van der Waals surface area contributed by atoms with E-state index in [0.717, 1.165) is 10.9 Å². The molecule has 0 aliphatic carbocycles. The van der Waals surface area contributed by atoms with Crippen molar-refractivity contribution in [3.63, 3.8) is 0 Å². The number of amides is 1. The number of aromatic nitrogens is 4. The van der Waals surface area contributed by atoms with E-state index >= 15 is 0 Å². The Kier molecular flexibility index (Phi) is 5.12. The number of halogens is 1. The molecular weight excluding hydrogens is 415 g/mol. The van der Waals surface area contributed by atoms with Gasteiger partial charge < -0.3 is 24.9 Å². The van der Waals surface area contributed by atoms with Crippen LogP contribution in [0.1, 0.15) is 34.8 Å². The van der Waals surface area contributed by atoms with Crippen LogP contribution in [0.4, 0.5) is 10.1 Å². The lowest BCUT2D eigenvalue weighted by Gasteiger charge is -2.27. The lowest BCUT2D eigenvalue weighted by Crippen LogP contribution is -2.37. The van der Waals surface area contributed by atoms with Gasteiger partial charge in [-0.2, -0.15) is 5.10 Å². The maximum absolute atomic E-state index is 14.4. The summed E-state index contributed by atoms with van der Waals surface area (Å²) in [6.07, 6.45) is 4.60. The van der Waals surface area contributed by atoms with E-state index in [4.69, 9.17) is 15.2 Å². The number of carbonyl (C=O) groups is 1. The second kappa shape index (κ2) is 7.97. The number of nitrogens with one attached hydrogen (secondary N) is 1. The van der Waals surface area contributed by atoms with Crippen LogP contribution in [0, 0.1) is 12.7 Å². The molecule has 1 fully saturated rings. The Bertz CT molecular complexity index is 1320. The quantitative estimate of drug-likeness (QED) is 0.507. The van der Waals surface area contributed by atoms with Crippen LogP contribution in [0.25, 0.3) is 16.6 Å². The number of aryl methyl sites for hydroxylation is 2. The number of nitrogens with two attached hydrogens (primary N) is 1. The minimum absolute atomic E-state index is 0.165. The Hall–Kier alpha value is -3.34. The molecule has 3 N–H and O–H groups in total. The van der Waals surface area contributed by atoms with E-state index in [1.807, 2.05) is 13.1 Å². The van der Waals surface area contributed by atoms with Gasteiger partial charge in [0.05, 0.1) is 36.2 Å². The summed E-state index contributed by atoms with van der Waals surface area (Å²) >= 11 is 0. The molecule has 5 rings (SSSR count). The molecule has 1 amide bonds. The third-order valence-corrected chi connectivity index (χ3v) is 5.39. The van der Waals surface area contributed by atoms with E-state index < -0.39 is 18.0 Å². The predicted octanol–water partition coefficient (Wildman–Crippen LogP) is 2.78. The van der Waals surface area contributed by atoms with Gasteiger partial charge in [0.15, 0.2) is 17.8 Å². The van der Waals surface area contributed by atoms with Crippen LogP contribution < -0.4 is 11.1 Å². The number of anilines is 1. The lowest BCUT2D eigenvalue weighted by molar-refractivity contribution is -0.189. The summed E-state index contributed by atoms with van der Waals surface area (Å²) in [7, 11) is 0. The first-order chi connectivity index (χ1) is 15.4. The number of imidazole rings is 1. The predicted molar refractivity (Wildman–Crippen MR) is 116 cm³/mol. The molecule has 1 aromatic carbocycles. The molecule has 166 valence electrons. The molecule has 0 saturated carbocycles. The zero-order valence-corrected chi connectivity index (χ0v) is 17.7. The fourth-order valence-electron chi connectivity index (χ4n) is 3.87. The van der Waals surface area contributed by atoms with Gasteiger partial charge in [0.1, 0.15) is 5.52 Å². The monoisotopic (exact) mass is 438 g/mol. The van der Waals surface area contributed by atoms with Crippen molar-refractivity contribution < 1.29 is 18.7 Å². The molecule has 4 aromatic rings. The van der Waals surface area contributed by atoms with Crippen molar-refractivity contribution in [1.82, 2.24) is 19.2 Å². The number of benzene rings is 1. The van der Waals surface area contributed by atoms with Crippen LogP contribution >= 0.6 is 0 Å². The summed E-state index contributed by atoms with van der Waals surface area (Å²) in [6.45, 7) is 5.15. The molecule has 1 aliphatic heterocycles. The molecule has 0 unspecified atom stereocenters. The van der Waals surface area contributed by atoms with Crippen molar-refractivity contribution in [3.8, 4) is 0 Å². The first-order valence-electron chi connectivity index (χ1n) is 10.4. The molecular formula is C22H23FN6O3. The maximum atomic E-state index is 14.4. The number of ether oxygens (including phenoxy) is 2. The summed E-state index contributed by atoms with van der Waals surface area (Å²) in [5.74, 6) is -0.914. The van der Waals surface area contributed by atoms with E-state index in [0.29, 0.717) is 42.2 Å². The van der Waals surface area contributed by atoms with Crippen molar-refractivity contribution in [2.75, 3.05) is 18.5 Å². The molecule has 10 heteroatoms. The molecule has 0 atom stereocenters. The smallest absolute Gasteiger partial charge is 0.257 e. The average molecular weight is 438 g/mol. The van der Waals surface area contributed by atoms with Crippen LogP contribution in [0.3, 0.4) is 0 Å². The Morgan fingerprint density at radius 3 is 2.81 bits per heavy atom. The fourth-order valence-corrected chi connectivity index (χ4v) is 3.87. The Balaban J connectivity index is 1.50. The van der Waals surface area contributed by atoms with Crippen molar-refractivity contribution in [2.45, 2.75) is 32.7 Å². The summed E-state index contributed by atoms with van der Waals surface area (Å²) in [6, 6.07) is 4.56. The number of pyridine rings is 1. The van der Waals surface area contributed by atoms with Crippen molar-refractivity contribution in [2.24, 2.45) is 5.73 Å². The van der Waals surface area contributed by atoms with Crippen LogP contribution in [-0.4, -0.2) is 44.3 Å². The molecule has 0 spiro atoms. The van der Waals surface area contributed by atoms with Gasteiger partial charge in [-0.1, -0.05) is 6.07 Å². The van der Waals surface area contributed by atoms with Crippen LogP contribution in [0.15, 0.2) is 36.8 Å². The van der Waals surface area contributed by atoms with E-state index in [1.165, 1.54) is 6.07 Å². The number of rotatable bonds is 4. The largest absolute Gasteiger partial charge is 0.347 e. The summed E-state index contributed by atoms with van der Waals surface area (Å²) < 4.78 is 29.2. The van der Waals surface area contributed by atoms with Gasteiger partial charge in [-0.05, 0) is 19.9 Å². The van der Waals surface area contributed by atoms with Crippen molar-refractivity contribution in [1.29, 1.82) is 0 Å². The van der Waals surface area contributed by atoms with Crippen LogP contribution in [0.5, 0.6) is 0 Å². The van der Waals surface area contributed by atoms with E-state index in [1.54, 1.807) is 40.5 Å². The number of hydrogen-bond donors (Lipinski definition) is 2. The highest BCUT2D eigenvalue weighted by Gasteiger charge is 2.26. The summed E-state index contributed by atoms with van der Waals surface area (Å²) in [4.78, 5) is 17.3. The van der Waals surface area contributed by atoms with Crippen LogP contribution in [-0.2, 0) is 16.0 Å². The van der Waals surface area contributed by atoms with E-state index in [2.05, 4.69) is 15.4 Å². The molecule has 0 bridgehead atoms. The SMILES string of the molecule is CCn1cc2c(C3OCC(N)CO3)ccc(C(=O)Nc3cc(F)c4nc(C)cn4c3)c2n1. The van der Waals surface area contributed by atoms with Gasteiger partial charge >= 0.3 is 0 Å². The third kappa shape index (κ3) is 3.62. The zero-order chi connectivity index (χ0) is 22.4. The highest BCUT2D eigenvalue weighted by molar-refractivity contribution is 6.12. The number of fused-ring (bicyclic) bond motifs is 2. The number of carbonyl (C=O) groups excluding carboxylic acids is 1. The van der Waals surface area contributed by atoms with Gasteiger partial charge in [0.2, 0.25) is 0 Å². The summed E-state index contributed by atoms with van der Waals surface area (Å²) in [5, 5.41) is 8.09. The molecule has 3 aromatic heterocycles. The van der Waals surface area contributed by atoms with Crippen molar-refractivity contribution in [3.05, 3.63) is 59.4 Å². The number of nitrogens with zero attached hydrogens (tertiary/aromatic N) is 4. The Morgan fingerprint density at radius 2 is 2.06 bits per heavy atom. The van der Waals surface area contributed by atoms with Crippen molar-refractivity contribution >= 4 is 28.1 Å². The maximum Gasteiger partial charge on any atom is 0.257 e. The van der Waals surface area contributed by atoms with E-state index in [-0.39, 0.29) is 11.7 Å². The van der Waals surface area contributed by atoms with Gasteiger partial charge in [-0.25, -0.2) is 9.37 Å². The Morgan fingerprint density at radius 1 is 1.28 bits per heavy atom. The normalized spacial score (nSPS) is 19.0. The second-order valence-electron chi connectivity index (χ2n) is 7.85. The molecule has 32 heavy (non-hydrogen) atoms. The number of hydrogen-bond acceptors (Lipinski definition) is 6. The van der Waals surface area contributed by atoms with Gasteiger partial charge in [0.25, 0.3) is 5.91 Å². The topological polar surface area (TPSA) is 109 Å². The molecule has 9 nitrogen and oxygen atoms in total. The minimum atomic E-state index is -0.579. The minimum Gasteiger partial charge on any atom is -0.347 e.